The second-order valence-electron chi connectivity index (χ2n) is 9.87. The second-order valence-corrected chi connectivity index (χ2v) is 9.87. The lowest BCUT2D eigenvalue weighted by molar-refractivity contribution is 0.0195. The second kappa shape index (κ2) is 12.5. The van der Waals surface area contributed by atoms with Gasteiger partial charge in [0, 0.05) is 54.5 Å². The van der Waals surface area contributed by atoms with Crippen LogP contribution >= 0.6 is 0 Å². The number of ether oxygens (including phenoxy) is 3. The molecule has 0 saturated carbocycles. The number of benzene rings is 3. The van der Waals surface area contributed by atoms with Crippen LogP contribution in [0.25, 0.3) is 33.2 Å². The third-order valence-corrected chi connectivity index (χ3v) is 6.92. The Balaban J connectivity index is 1.30. The highest BCUT2D eigenvalue weighted by molar-refractivity contribution is 5.94. The van der Waals surface area contributed by atoms with E-state index in [1.807, 2.05) is 60.7 Å². The van der Waals surface area contributed by atoms with E-state index < -0.39 is 6.23 Å². The lowest BCUT2D eigenvalue weighted by Crippen LogP contribution is -2.43. The normalized spacial score (nSPS) is 14.8. The predicted octanol–water partition coefficient (Wildman–Crippen LogP) is 4.00. The molecule has 11 nitrogen and oxygen atoms in total. The van der Waals surface area contributed by atoms with Gasteiger partial charge in [-0.25, -0.2) is 9.97 Å². The topological polar surface area (TPSA) is 130 Å². The molecular formula is C30H33N7O4. The van der Waals surface area contributed by atoms with Crippen molar-refractivity contribution in [1.82, 2.24) is 25.1 Å². The first kappa shape index (κ1) is 26.9. The maximum absolute atomic E-state index is 10.7. The Bertz CT molecular complexity index is 1620. The number of H-pyrrole nitrogens is 1. The minimum Gasteiger partial charge on any atom is -0.491 e. The van der Waals surface area contributed by atoms with Crippen molar-refractivity contribution in [3.63, 3.8) is 0 Å². The number of hydrogen-bond donors (Lipinski definition) is 4. The Kier molecular flexibility index (Phi) is 8.19. The Labute approximate surface area is 237 Å². The molecule has 1 aliphatic heterocycles. The zero-order valence-corrected chi connectivity index (χ0v) is 22.8. The average Bonchev–Trinajstić information content (AvgIpc) is 3.46. The molecule has 0 aliphatic carbocycles. The van der Waals surface area contributed by atoms with Crippen LogP contribution in [0.1, 0.15) is 0 Å². The van der Waals surface area contributed by atoms with Crippen molar-refractivity contribution in [2.45, 2.75) is 6.23 Å². The number of aromatic amines is 1. The van der Waals surface area contributed by atoms with E-state index in [9.17, 15) is 5.11 Å². The van der Waals surface area contributed by atoms with Crippen LogP contribution in [0.3, 0.4) is 0 Å². The van der Waals surface area contributed by atoms with E-state index in [1.54, 1.807) is 13.3 Å². The third kappa shape index (κ3) is 6.55. The molecule has 11 heteroatoms. The van der Waals surface area contributed by atoms with Gasteiger partial charge in [0.1, 0.15) is 24.4 Å². The van der Waals surface area contributed by atoms with Crippen LogP contribution in [0.4, 0.5) is 17.2 Å². The highest BCUT2D eigenvalue weighted by Crippen LogP contribution is 2.31. The van der Waals surface area contributed by atoms with Crippen LogP contribution < -0.4 is 15.4 Å². The maximum Gasteiger partial charge on any atom is 0.162 e. The van der Waals surface area contributed by atoms with Gasteiger partial charge >= 0.3 is 0 Å². The largest absolute Gasteiger partial charge is 0.491 e. The summed E-state index contributed by atoms with van der Waals surface area (Å²) in [5.41, 5.74) is 4.21. The monoisotopic (exact) mass is 555 g/mol. The number of nitrogens with one attached hydrogen (secondary N) is 3. The summed E-state index contributed by atoms with van der Waals surface area (Å²) >= 11 is 0. The van der Waals surface area contributed by atoms with Gasteiger partial charge in [0.05, 0.1) is 37.1 Å². The smallest absolute Gasteiger partial charge is 0.162 e. The third-order valence-electron chi connectivity index (χ3n) is 6.92. The molecule has 4 N–H and O–H groups in total. The van der Waals surface area contributed by atoms with E-state index in [2.05, 4.69) is 25.7 Å². The van der Waals surface area contributed by atoms with Crippen LogP contribution in [0, 0.1) is 0 Å². The van der Waals surface area contributed by atoms with Crippen LogP contribution in [0.2, 0.25) is 0 Å². The Hall–Kier alpha value is -4.29. The van der Waals surface area contributed by atoms with Gasteiger partial charge in [0.2, 0.25) is 0 Å². The number of morpholine rings is 1. The number of aliphatic hydroxyl groups is 1. The van der Waals surface area contributed by atoms with Gasteiger partial charge in [0.15, 0.2) is 5.82 Å². The summed E-state index contributed by atoms with van der Waals surface area (Å²) < 4.78 is 16.4. The van der Waals surface area contributed by atoms with E-state index >= 15 is 0 Å². The molecule has 1 unspecified atom stereocenters. The zero-order chi connectivity index (χ0) is 28.0. The van der Waals surface area contributed by atoms with E-state index in [0.29, 0.717) is 50.4 Å². The molecule has 41 heavy (non-hydrogen) atoms. The van der Waals surface area contributed by atoms with Crippen molar-refractivity contribution in [1.29, 1.82) is 0 Å². The van der Waals surface area contributed by atoms with Crippen LogP contribution in [-0.2, 0) is 9.47 Å². The molecule has 6 rings (SSSR count). The standard InChI is InChI=1S/C30H33N7O4/c1-39-13-14-41-24-6-8-27-25(17-24)30(33-23-5-7-26-21(16-23)18-31-36-26)35-29(34-27)20-3-2-4-22(15-20)32-28(38)19-37-9-11-40-12-10-37/h2-8,15-18,28,32,38H,9-14,19H2,1H3,(H,31,36)(H,33,34,35). The van der Waals surface area contributed by atoms with Crippen molar-refractivity contribution in [2.24, 2.45) is 0 Å². The molecule has 0 radical (unpaired) electrons. The number of methoxy groups -OCH3 is 1. The van der Waals surface area contributed by atoms with Gasteiger partial charge in [-0.3, -0.25) is 10.00 Å². The summed E-state index contributed by atoms with van der Waals surface area (Å²) in [7, 11) is 1.65. The van der Waals surface area contributed by atoms with E-state index in [4.69, 9.17) is 24.2 Å². The van der Waals surface area contributed by atoms with Gasteiger partial charge in [-0.1, -0.05) is 12.1 Å². The van der Waals surface area contributed by atoms with Crippen molar-refractivity contribution < 1.29 is 19.3 Å². The quantitative estimate of drug-likeness (QED) is 0.140. The highest BCUT2D eigenvalue weighted by atomic mass is 16.5. The number of fused-ring (bicyclic) bond motifs is 2. The molecule has 3 aromatic carbocycles. The molecule has 3 heterocycles. The maximum atomic E-state index is 10.7. The lowest BCUT2D eigenvalue weighted by Gasteiger charge is -2.29. The molecule has 0 amide bonds. The molecule has 5 aromatic rings. The first-order chi connectivity index (χ1) is 20.1. The molecule has 2 aromatic heterocycles. The van der Waals surface area contributed by atoms with Crippen LogP contribution in [0.15, 0.2) is 66.9 Å². The molecule has 1 saturated heterocycles. The van der Waals surface area contributed by atoms with Crippen molar-refractivity contribution >= 4 is 39.0 Å². The number of anilines is 3. The molecule has 1 aliphatic rings. The molecule has 1 atom stereocenters. The first-order valence-electron chi connectivity index (χ1n) is 13.6. The number of aliphatic hydroxyl groups excluding tert-OH is 1. The fourth-order valence-electron chi connectivity index (χ4n) is 4.84. The average molecular weight is 556 g/mol. The van der Waals surface area contributed by atoms with E-state index in [-0.39, 0.29) is 0 Å². The SMILES string of the molecule is COCCOc1ccc2nc(-c3cccc(NC(O)CN4CCOCC4)c3)nc(Nc3ccc4[nH]ncc4c3)c2c1. The lowest BCUT2D eigenvalue weighted by atomic mass is 10.1. The zero-order valence-electron chi connectivity index (χ0n) is 22.8. The fourth-order valence-corrected chi connectivity index (χ4v) is 4.84. The number of aromatic nitrogens is 4. The Morgan fingerprint density at radius 3 is 2.80 bits per heavy atom. The van der Waals surface area contributed by atoms with E-state index in [0.717, 1.165) is 51.8 Å². The first-order valence-corrected chi connectivity index (χ1v) is 13.6. The van der Waals surface area contributed by atoms with Crippen molar-refractivity contribution in [3.8, 4) is 17.1 Å². The summed E-state index contributed by atoms with van der Waals surface area (Å²) in [5, 5.41) is 26.3. The molecule has 0 spiro atoms. The summed E-state index contributed by atoms with van der Waals surface area (Å²) in [4.78, 5) is 12.0. The van der Waals surface area contributed by atoms with Gasteiger partial charge in [-0.2, -0.15) is 5.10 Å². The molecule has 1 fully saturated rings. The van der Waals surface area contributed by atoms with E-state index in [1.165, 1.54) is 0 Å². The van der Waals surface area contributed by atoms with Gasteiger partial charge in [-0.15, -0.1) is 0 Å². The predicted molar refractivity (Wildman–Crippen MR) is 159 cm³/mol. The molecular weight excluding hydrogens is 522 g/mol. The summed E-state index contributed by atoms with van der Waals surface area (Å²) in [6.07, 6.45) is 1.07. The van der Waals surface area contributed by atoms with Crippen molar-refractivity contribution in [2.75, 3.05) is 63.8 Å². The van der Waals surface area contributed by atoms with Gasteiger partial charge in [0.25, 0.3) is 0 Å². The summed E-state index contributed by atoms with van der Waals surface area (Å²) in [5.74, 6) is 1.92. The highest BCUT2D eigenvalue weighted by Gasteiger charge is 2.16. The van der Waals surface area contributed by atoms with Crippen molar-refractivity contribution in [3.05, 3.63) is 66.9 Å². The minimum absolute atomic E-state index is 0.443. The minimum atomic E-state index is -0.715. The fraction of sp³-hybridized carbons (Fsp3) is 0.300. The van der Waals surface area contributed by atoms with Gasteiger partial charge < -0.3 is 30.0 Å². The summed E-state index contributed by atoms with van der Waals surface area (Å²) in [6.45, 7) is 4.46. The van der Waals surface area contributed by atoms with Gasteiger partial charge in [-0.05, 0) is 48.5 Å². The summed E-state index contributed by atoms with van der Waals surface area (Å²) in [6, 6.07) is 19.5. The Morgan fingerprint density at radius 1 is 1.02 bits per heavy atom. The number of β-amino-alcohol motifs (C(OH)–C–C–N with tert-alkyl or cyclic N) is 1. The number of hydrogen-bond acceptors (Lipinski definition) is 10. The number of nitrogens with zero attached hydrogens (tertiary/aromatic N) is 4. The number of rotatable bonds is 11. The molecule has 212 valence electrons. The molecule has 0 bridgehead atoms. The van der Waals surface area contributed by atoms with Crippen LogP contribution in [-0.4, -0.2) is 89.6 Å². The van der Waals surface area contributed by atoms with Crippen LogP contribution in [0.5, 0.6) is 5.75 Å². The Morgan fingerprint density at radius 2 is 1.93 bits per heavy atom.